The van der Waals surface area contributed by atoms with Gasteiger partial charge in [-0.15, -0.1) is 0 Å². The van der Waals surface area contributed by atoms with E-state index in [4.69, 9.17) is 23.2 Å². The first-order valence-electron chi connectivity index (χ1n) is 8.86. The summed E-state index contributed by atoms with van der Waals surface area (Å²) >= 11 is 12.0. The summed E-state index contributed by atoms with van der Waals surface area (Å²) in [5, 5.41) is 0.622. The van der Waals surface area contributed by atoms with E-state index in [1.165, 1.54) is 18.2 Å². The molecule has 0 radical (unpaired) electrons. The molecular weight excluding hydrogens is 421 g/mol. The van der Waals surface area contributed by atoms with E-state index in [-0.39, 0.29) is 15.8 Å². The Bertz CT molecular complexity index is 965. The van der Waals surface area contributed by atoms with Crippen LogP contribution in [-0.2, 0) is 16.4 Å². The van der Waals surface area contributed by atoms with Crippen LogP contribution in [0.1, 0.15) is 22.3 Å². The zero-order valence-corrected chi connectivity index (χ0v) is 17.8. The number of halogens is 2. The zero-order valence-electron chi connectivity index (χ0n) is 15.4. The summed E-state index contributed by atoms with van der Waals surface area (Å²) in [6.45, 7) is 3.54. The van der Waals surface area contributed by atoms with Crippen molar-refractivity contribution < 1.29 is 13.2 Å². The quantitative estimate of drug-likeness (QED) is 0.681. The molecule has 28 heavy (non-hydrogen) atoms. The van der Waals surface area contributed by atoms with Crippen LogP contribution in [0.4, 0.5) is 0 Å². The minimum Gasteiger partial charge on any atom is -0.337 e. The van der Waals surface area contributed by atoms with Crippen molar-refractivity contribution in [3.8, 4) is 0 Å². The lowest BCUT2D eigenvalue weighted by Gasteiger charge is -2.22. The predicted octanol–water partition coefficient (Wildman–Crippen LogP) is 3.14. The third-order valence-electron chi connectivity index (χ3n) is 4.67. The third-order valence-corrected chi connectivity index (χ3v) is 6.32. The van der Waals surface area contributed by atoms with E-state index in [9.17, 15) is 13.2 Å². The van der Waals surface area contributed by atoms with Gasteiger partial charge in [-0.05, 0) is 36.2 Å². The monoisotopic (exact) mass is 441 g/mol. The van der Waals surface area contributed by atoms with E-state index in [0.29, 0.717) is 23.8 Å². The summed E-state index contributed by atoms with van der Waals surface area (Å²) < 4.78 is 23.3. The number of aromatic nitrogens is 1. The molecule has 6 nitrogen and oxygen atoms in total. The van der Waals surface area contributed by atoms with Crippen molar-refractivity contribution in [1.82, 2.24) is 14.8 Å². The van der Waals surface area contributed by atoms with Gasteiger partial charge < -0.3 is 4.90 Å². The smallest absolute Gasteiger partial charge is 0.255 e. The van der Waals surface area contributed by atoms with Gasteiger partial charge in [0.2, 0.25) is 0 Å². The Morgan fingerprint density at radius 1 is 1.11 bits per heavy atom. The summed E-state index contributed by atoms with van der Waals surface area (Å²) in [7, 11) is -3.37. The lowest BCUT2D eigenvalue weighted by atomic mass is 10.2. The highest BCUT2D eigenvalue weighted by atomic mass is 35.5. The predicted molar refractivity (Wildman–Crippen MR) is 110 cm³/mol. The molecule has 1 amide bonds. The van der Waals surface area contributed by atoms with E-state index >= 15 is 0 Å². The Balaban J connectivity index is 1.66. The van der Waals surface area contributed by atoms with Crippen LogP contribution in [0.3, 0.4) is 0 Å². The average Bonchev–Trinajstić information content (AvgIpc) is 2.88. The summed E-state index contributed by atoms with van der Waals surface area (Å²) in [6.07, 6.45) is 3.71. The largest absolute Gasteiger partial charge is 0.337 e. The molecule has 0 spiro atoms. The fourth-order valence-electron chi connectivity index (χ4n) is 3.16. The van der Waals surface area contributed by atoms with Crippen LogP contribution in [0.15, 0.2) is 41.4 Å². The van der Waals surface area contributed by atoms with Crippen LogP contribution in [0.25, 0.3) is 0 Å². The molecule has 9 heteroatoms. The van der Waals surface area contributed by atoms with Gasteiger partial charge in [0.15, 0.2) is 9.84 Å². The maximum Gasteiger partial charge on any atom is 0.255 e. The van der Waals surface area contributed by atoms with E-state index < -0.39 is 9.84 Å². The van der Waals surface area contributed by atoms with Crippen LogP contribution in [0.2, 0.25) is 10.2 Å². The number of pyridine rings is 1. The van der Waals surface area contributed by atoms with Gasteiger partial charge in [-0.1, -0.05) is 29.3 Å². The van der Waals surface area contributed by atoms with E-state index in [1.54, 1.807) is 17.2 Å². The van der Waals surface area contributed by atoms with Gasteiger partial charge in [0.25, 0.3) is 5.91 Å². The molecule has 1 aliphatic rings. The normalized spacial score (nSPS) is 16.0. The highest BCUT2D eigenvalue weighted by Crippen LogP contribution is 2.23. The van der Waals surface area contributed by atoms with E-state index in [1.807, 2.05) is 6.07 Å². The van der Waals surface area contributed by atoms with Crippen molar-refractivity contribution in [2.45, 2.75) is 17.9 Å². The Labute approximate surface area is 175 Å². The second kappa shape index (κ2) is 8.78. The minimum atomic E-state index is -3.37. The average molecular weight is 442 g/mol. The maximum atomic E-state index is 12.9. The second-order valence-electron chi connectivity index (χ2n) is 6.82. The second-order valence-corrected chi connectivity index (χ2v) is 9.64. The molecule has 2 heterocycles. The molecule has 1 aromatic carbocycles. The van der Waals surface area contributed by atoms with E-state index in [2.05, 4.69) is 9.88 Å². The molecule has 2 aromatic rings. The Morgan fingerprint density at radius 2 is 1.89 bits per heavy atom. The van der Waals surface area contributed by atoms with Gasteiger partial charge in [0.05, 0.1) is 15.5 Å². The molecule has 0 saturated carbocycles. The minimum absolute atomic E-state index is 0.104. The first kappa shape index (κ1) is 21.0. The first-order valence-corrected chi connectivity index (χ1v) is 11.5. The molecule has 0 atom stereocenters. The Morgan fingerprint density at radius 3 is 2.54 bits per heavy atom. The summed E-state index contributed by atoms with van der Waals surface area (Å²) in [5.41, 5.74) is 1.40. The molecule has 1 aromatic heterocycles. The topological polar surface area (TPSA) is 70.6 Å². The van der Waals surface area contributed by atoms with Gasteiger partial charge in [0.1, 0.15) is 5.15 Å². The fourth-order valence-corrected chi connectivity index (χ4v) is 4.25. The number of nitrogens with zero attached hydrogens (tertiary/aromatic N) is 3. The van der Waals surface area contributed by atoms with Gasteiger partial charge >= 0.3 is 0 Å². The zero-order chi connectivity index (χ0) is 20.3. The SMILES string of the molecule is CS(=O)(=O)c1ccc(C(=O)N2CCCN(Cc3ccc(Cl)nc3)CC2)c(Cl)c1. The third kappa shape index (κ3) is 5.23. The van der Waals surface area contributed by atoms with Crippen LogP contribution >= 0.6 is 23.2 Å². The van der Waals surface area contributed by atoms with Crippen molar-refractivity contribution in [2.75, 3.05) is 32.4 Å². The molecule has 1 fully saturated rings. The number of hydrogen-bond donors (Lipinski definition) is 0. The highest BCUT2D eigenvalue weighted by molar-refractivity contribution is 7.90. The van der Waals surface area contributed by atoms with Crippen molar-refractivity contribution in [2.24, 2.45) is 0 Å². The molecule has 1 aliphatic heterocycles. The van der Waals surface area contributed by atoms with Gasteiger partial charge in [-0.2, -0.15) is 0 Å². The van der Waals surface area contributed by atoms with Crippen molar-refractivity contribution >= 4 is 38.9 Å². The molecule has 0 aliphatic carbocycles. The molecule has 150 valence electrons. The number of carbonyl (C=O) groups is 1. The van der Waals surface area contributed by atoms with Crippen LogP contribution in [-0.4, -0.2) is 61.5 Å². The summed E-state index contributed by atoms with van der Waals surface area (Å²) in [5.74, 6) is -0.180. The summed E-state index contributed by atoms with van der Waals surface area (Å²) in [4.78, 5) is 21.1. The molecule has 1 saturated heterocycles. The molecule has 3 rings (SSSR count). The lowest BCUT2D eigenvalue weighted by Crippen LogP contribution is -2.35. The number of sulfone groups is 1. The molecule has 0 bridgehead atoms. The molecular formula is C19H21Cl2N3O3S. The van der Waals surface area contributed by atoms with Gasteiger partial charge in [-0.3, -0.25) is 9.69 Å². The van der Waals surface area contributed by atoms with Gasteiger partial charge in [-0.25, -0.2) is 13.4 Å². The van der Waals surface area contributed by atoms with Crippen molar-refractivity contribution in [3.63, 3.8) is 0 Å². The fraction of sp³-hybridized carbons (Fsp3) is 0.368. The maximum absolute atomic E-state index is 12.9. The van der Waals surface area contributed by atoms with Crippen LogP contribution in [0, 0.1) is 0 Å². The number of benzene rings is 1. The van der Waals surface area contributed by atoms with Crippen molar-refractivity contribution in [1.29, 1.82) is 0 Å². The Hall–Kier alpha value is -1.67. The number of hydrogen-bond acceptors (Lipinski definition) is 5. The molecule has 0 unspecified atom stereocenters. The Kier molecular flexibility index (Phi) is 6.60. The number of rotatable bonds is 4. The van der Waals surface area contributed by atoms with Crippen LogP contribution < -0.4 is 0 Å². The van der Waals surface area contributed by atoms with E-state index in [0.717, 1.165) is 37.9 Å². The van der Waals surface area contributed by atoms with Crippen LogP contribution in [0.5, 0.6) is 0 Å². The molecule has 0 N–H and O–H groups in total. The number of amides is 1. The first-order chi connectivity index (χ1) is 13.2. The standard InChI is InChI=1S/C19H21Cl2N3O3S/c1-28(26,27)15-4-5-16(17(20)11-15)19(25)24-8-2-7-23(9-10-24)13-14-3-6-18(21)22-12-14/h3-6,11-12H,2,7-10,13H2,1H3. The lowest BCUT2D eigenvalue weighted by molar-refractivity contribution is 0.0761. The van der Waals surface area contributed by atoms with Gasteiger partial charge in [0, 0.05) is 45.2 Å². The van der Waals surface area contributed by atoms with Crippen molar-refractivity contribution in [3.05, 3.63) is 57.8 Å². The summed E-state index contributed by atoms with van der Waals surface area (Å²) in [6, 6.07) is 7.97. The number of carbonyl (C=O) groups excluding carboxylic acids is 1. The highest BCUT2D eigenvalue weighted by Gasteiger charge is 2.23.